The molecule has 0 aromatic heterocycles. The minimum Gasteiger partial charge on any atom is -1.00 e. The average Bonchev–Trinajstić information content (AvgIpc) is 2.82. The second kappa shape index (κ2) is 30.8. The molecule has 4 nitrogen and oxygen atoms in total. The first-order valence-corrected chi connectivity index (χ1v) is 15.6. The molecule has 0 saturated heterocycles. The molecule has 11 heteroatoms. The molecule has 0 bridgehead atoms. The van der Waals surface area contributed by atoms with Gasteiger partial charge in [-0.1, -0.05) is 76.2 Å². The smallest absolute Gasteiger partial charge is 1.00 e. The number of hydrogen-bond acceptors (Lipinski definition) is 7. The van der Waals surface area contributed by atoms with Crippen molar-refractivity contribution in [1.29, 1.82) is 0 Å². The van der Waals surface area contributed by atoms with Gasteiger partial charge in [0.05, 0.1) is 13.5 Å². The van der Waals surface area contributed by atoms with Gasteiger partial charge in [-0.2, -0.15) is 0 Å². The van der Waals surface area contributed by atoms with Crippen LogP contribution in [0.15, 0.2) is 48.5 Å². The minimum atomic E-state index is -0.0379. The molecule has 216 valence electrons. The molecule has 2 aromatic rings. The molecule has 0 atom stereocenters. The topological polar surface area (TPSA) is 46.6 Å². The van der Waals surface area contributed by atoms with Crippen molar-refractivity contribution >= 4 is 88.4 Å². The number of benzene rings is 2. The fourth-order valence-corrected chi connectivity index (χ4v) is 3.20. The second-order valence-corrected chi connectivity index (χ2v) is 10.8. The summed E-state index contributed by atoms with van der Waals surface area (Å²) in [6.07, 6.45) is 3.13. The zero-order chi connectivity index (χ0) is 28.1. The molecule has 39 heavy (non-hydrogen) atoms. The van der Waals surface area contributed by atoms with Gasteiger partial charge >= 0.3 is 23.1 Å². The predicted molar refractivity (Wildman–Crippen MR) is 177 cm³/mol. The first-order valence-electron chi connectivity index (χ1n) is 11.6. The molecular weight excluding hydrogens is 663 g/mol. The maximum Gasteiger partial charge on any atom is 2.00 e. The normalized spacial score (nSPS) is 8.85. The van der Waals surface area contributed by atoms with E-state index >= 15 is 0 Å². The molecule has 0 aliphatic carbocycles. The number of rotatable bonds is 9. The quantitative estimate of drug-likeness (QED) is 0.226. The Labute approximate surface area is 286 Å². The van der Waals surface area contributed by atoms with Crippen molar-refractivity contribution in [2.24, 2.45) is 11.8 Å². The van der Waals surface area contributed by atoms with Crippen LogP contribution in [-0.2, 0) is 93.7 Å². The van der Waals surface area contributed by atoms with Crippen LogP contribution in [0.4, 0.5) is 0 Å². The summed E-state index contributed by atoms with van der Waals surface area (Å²) >= 11 is 15.6. The largest absolute Gasteiger partial charge is 2.00 e. The van der Waals surface area contributed by atoms with Crippen LogP contribution in [0, 0.1) is 19.3 Å². The SMILES string of the molecule is CC(=O)Cc1ccc(CC(C)C)cc1.CON(C)C(=O)Cc1ccc(CC(C)C)cc1.S=S.S=S=S.[Br-].[CH3-].[Mg+2]. The Morgan fingerprint density at radius 3 is 1.33 bits per heavy atom. The Balaban J connectivity index is -0.000000160. The summed E-state index contributed by atoms with van der Waals surface area (Å²) in [6.45, 7) is 10.4. The summed E-state index contributed by atoms with van der Waals surface area (Å²) in [7, 11) is 4.03. The Kier molecular flexibility index (Phi) is 38.4. The number of likely N-dealkylation sites (N-methyl/N-ethyl adjacent to an activating group) is 1. The molecule has 0 radical (unpaired) electrons. The number of carbonyl (C=O) groups excluding carboxylic acids is 2. The van der Waals surface area contributed by atoms with Gasteiger partial charge in [0.15, 0.2) is 0 Å². The number of halogens is 1. The van der Waals surface area contributed by atoms with Gasteiger partial charge in [0.25, 0.3) is 0 Å². The summed E-state index contributed by atoms with van der Waals surface area (Å²) in [5.41, 5.74) is 4.81. The Morgan fingerprint density at radius 1 is 0.795 bits per heavy atom. The van der Waals surface area contributed by atoms with Crippen molar-refractivity contribution in [3.05, 3.63) is 78.2 Å². The van der Waals surface area contributed by atoms with Crippen LogP contribution in [-0.4, -0.2) is 54.0 Å². The molecule has 0 spiro atoms. The number of amides is 1. The van der Waals surface area contributed by atoms with E-state index in [1.807, 2.05) is 12.1 Å². The Bertz CT molecular complexity index is 924. The summed E-state index contributed by atoms with van der Waals surface area (Å²) in [5, 5.41) is 1.25. The fraction of sp³-hybridized carbons (Fsp3) is 0.464. The number of carbonyl (C=O) groups is 2. The number of hydroxylamine groups is 2. The molecule has 1 amide bonds. The number of ketones is 1. The van der Waals surface area contributed by atoms with E-state index in [0.717, 1.165) is 32.8 Å². The molecule has 0 N–H and O–H groups in total. The molecule has 2 rings (SSSR count). The third kappa shape index (κ3) is 27.8. The van der Waals surface area contributed by atoms with Gasteiger partial charge in [0.2, 0.25) is 5.91 Å². The molecule has 0 aliphatic heterocycles. The van der Waals surface area contributed by atoms with Gasteiger partial charge in [-0.05, 0) is 53.9 Å². The average molecular weight is 705 g/mol. The molecule has 0 aliphatic rings. The van der Waals surface area contributed by atoms with Gasteiger partial charge in [0.1, 0.15) is 5.78 Å². The van der Waals surface area contributed by atoms with Gasteiger partial charge in [-0.25, -0.2) is 5.06 Å². The third-order valence-corrected chi connectivity index (χ3v) is 4.77. The van der Waals surface area contributed by atoms with Crippen molar-refractivity contribution in [3.63, 3.8) is 0 Å². The summed E-state index contributed by atoms with van der Waals surface area (Å²) in [5.74, 6) is 1.53. The van der Waals surface area contributed by atoms with Gasteiger partial charge in [-0.15, -0.1) is 0 Å². The molecular formula is C28H42BrMgNO3S5. The van der Waals surface area contributed by atoms with Crippen LogP contribution >= 0.6 is 0 Å². The van der Waals surface area contributed by atoms with E-state index in [0.29, 0.717) is 24.7 Å². The summed E-state index contributed by atoms with van der Waals surface area (Å²) in [6, 6.07) is 16.6. The third-order valence-electron chi connectivity index (χ3n) is 4.77. The monoisotopic (exact) mass is 703 g/mol. The van der Waals surface area contributed by atoms with E-state index in [9.17, 15) is 9.59 Å². The zero-order valence-corrected chi connectivity index (χ0v) is 31.5. The first kappa shape index (κ1) is 48.6. The number of Topliss-reactive ketones (excluding diaryl/α,β-unsaturated/α-hetero) is 1. The van der Waals surface area contributed by atoms with Crippen molar-refractivity contribution < 1.29 is 31.4 Å². The molecule has 2 aromatic carbocycles. The second-order valence-electron chi connectivity index (χ2n) is 9.03. The van der Waals surface area contributed by atoms with E-state index in [2.05, 4.69) is 109 Å². The van der Waals surface area contributed by atoms with E-state index in [1.54, 1.807) is 14.0 Å². The van der Waals surface area contributed by atoms with Gasteiger partial charge in [-0.3, -0.25) is 14.4 Å². The molecule has 0 unspecified atom stereocenters. The Hall–Kier alpha value is -0.114. The molecule has 0 saturated carbocycles. The Morgan fingerprint density at radius 2 is 1.08 bits per heavy atom. The van der Waals surface area contributed by atoms with Crippen LogP contribution in [0.3, 0.4) is 0 Å². The van der Waals surface area contributed by atoms with Crippen molar-refractivity contribution in [1.82, 2.24) is 5.06 Å². The van der Waals surface area contributed by atoms with Crippen molar-refractivity contribution in [2.45, 2.75) is 60.3 Å². The predicted octanol–water partition coefficient (Wildman–Crippen LogP) is 2.53. The van der Waals surface area contributed by atoms with Crippen LogP contribution in [0.2, 0.25) is 0 Å². The van der Waals surface area contributed by atoms with Crippen LogP contribution < -0.4 is 17.0 Å². The number of hydrogen-bond donors (Lipinski definition) is 0. The minimum absolute atomic E-state index is 0. The van der Waals surface area contributed by atoms with Crippen LogP contribution in [0.5, 0.6) is 0 Å². The van der Waals surface area contributed by atoms with E-state index in [1.165, 1.54) is 23.3 Å². The maximum absolute atomic E-state index is 11.6. The fourth-order valence-electron chi connectivity index (χ4n) is 3.20. The standard InChI is InChI=1S/C14H21NO2.C13H18O.CH3.BrH.Mg.S3.S2/c1-11(2)9-12-5-7-13(8-6-12)10-14(16)15(3)17-4;1-10(2)8-12-4-6-13(7-5-12)9-11(3)14;;;;1-3-2;1-2/h5-8,11H,9-10H2,1-4H3;4-7,10H,8-9H2,1-3H3;1H3;1H;;;/q;;-1;;+2;;/p-1. The summed E-state index contributed by atoms with van der Waals surface area (Å²) in [4.78, 5) is 27.3. The van der Waals surface area contributed by atoms with E-state index < -0.39 is 0 Å². The number of nitrogens with zero attached hydrogens (tertiary/aromatic N) is 1. The van der Waals surface area contributed by atoms with Crippen LogP contribution in [0.1, 0.15) is 56.9 Å². The van der Waals surface area contributed by atoms with E-state index in [4.69, 9.17) is 4.84 Å². The van der Waals surface area contributed by atoms with Gasteiger partial charge < -0.3 is 24.4 Å². The first-order chi connectivity index (χ1) is 17.0. The zero-order valence-electron chi connectivity index (χ0n) is 24.4. The van der Waals surface area contributed by atoms with Crippen molar-refractivity contribution in [3.8, 4) is 0 Å². The summed E-state index contributed by atoms with van der Waals surface area (Å²) < 4.78 is 0. The maximum atomic E-state index is 11.6. The van der Waals surface area contributed by atoms with Crippen molar-refractivity contribution in [2.75, 3.05) is 14.2 Å². The van der Waals surface area contributed by atoms with E-state index in [-0.39, 0.29) is 59.2 Å². The molecule has 0 fully saturated rings. The van der Waals surface area contributed by atoms with Crippen LogP contribution in [0.25, 0.3) is 0 Å². The van der Waals surface area contributed by atoms with Gasteiger partial charge in [0, 0.05) is 67.1 Å². The molecule has 0 heterocycles.